The lowest BCUT2D eigenvalue weighted by Crippen LogP contribution is -2.08. The van der Waals surface area contributed by atoms with Gasteiger partial charge in [0.15, 0.2) is 0 Å². The zero-order valence-electron chi connectivity index (χ0n) is 10.0. The fraction of sp³-hybridized carbons (Fsp3) is 0.0909. The molecule has 0 bridgehead atoms. The first-order valence-electron chi connectivity index (χ1n) is 5.31. The number of rotatable bonds is 4. The van der Waals surface area contributed by atoms with Gasteiger partial charge in [0, 0.05) is 12.1 Å². The maximum Gasteiger partial charge on any atom is 0.273 e. The number of nitrogens with one attached hydrogen (secondary N) is 1. The Hall–Kier alpha value is -2.74. The number of hydrogen-bond donors (Lipinski definition) is 2. The van der Waals surface area contributed by atoms with Crippen LogP contribution in [0, 0.1) is 17.0 Å². The minimum absolute atomic E-state index is 0.0492. The van der Waals surface area contributed by atoms with Gasteiger partial charge in [-0.25, -0.2) is 15.8 Å². The smallest absolute Gasteiger partial charge is 0.273 e. The van der Waals surface area contributed by atoms with Crippen LogP contribution in [0.25, 0.3) is 0 Å². The number of aromatic nitrogens is 2. The van der Waals surface area contributed by atoms with E-state index in [0.717, 1.165) is 5.56 Å². The number of ether oxygens (including phenoxy) is 1. The predicted molar refractivity (Wildman–Crippen MR) is 67.7 cm³/mol. The lowest BCUT2D eigenvalue weighted by molar-refractivity contribution is -0.384. The Balaban J connectivity index is 2.31. The van der Waals surface area contributed by atoms with Crippen molar-refractivity contribution in [3.63, 3.8) is 0 Å². The number of nitrogen functional groups attached to an aromatic ring is 1. The molecule has 0 fully saturated rings. The van der Waals surface area contributed by atoms with E-state index in [2.05, 4.69) is 15.4 Å². The van der Waals surface area contributed by atoms with Crippen LogP contribution in [0.3, 0.4) is 0 Å². The van der Waals surface area contributed by atoms with Gasteiger partial charge in [-0.1, -0.05) is 0 Å². The van der Waals surface area contributed by atoms with Crippen molar-refractivity contribution in [3.05, 3.63) is 46.3 Å². The molecule has 1 aromatic carbocycles. The van der Waals surface area contributed by atoms with E-state index in [4.69, 9.17) is 10.6 Å². The molecule has 0 aliphatic heterocycles. The highest BCUT2D eigenvalue weighted by molar-refractivity contribution is 5.46. The third kappa shape index (κ3) is 2.93. The van der Waals surface area contributed by atoms with E-state index in [-0.39, 0.29) is 11.6 Å². The van der Waals surface area contributed by atoms with Crippen molar-refractivity contribution in [1.29, 1.82) is 0 Å². The second-order valence-electron chi connectivity index (χ2n) is 3.69. The second kappa shape index (κ2) is 5.27. The molecule has 0 aliphatic rings. The van der Waals surface area contributed by atoms with Crippen molar-refractivity contribution in [2.45, 2.75) is 6.92 Å². The first-order chi connectivity index (χ1) is 9.10. The molecule has 0 atom stereocenters. The number of nitrogens with two attached hydrogens (primary N) is 1. The van der Waals surface area contributed by atoms with E-state index in [1.165, 1.54) is 24.5 Å². The van der Waals surface area contributed by atoms with Crippen molar-refractivity contribution in [3.8, 4) is 11.6 Å². The number of nitro benzene ring substituents is 1. The van der Waals surface area contributed by atoms with Gasteiger partial charge in [-0.3, -0.25) is 10.1 Å². The molecule has 2 aromatic rings. The van der Waals surface area contributed by atoms with E-state index < -0.39 is 4.92 Å². The molecular weight excluding hydrogens is 250 g/mol. The summed E-state index contributed by atoms with van der Waals surface area (Å²) in [6.07, 6.45) is 1.28. The molecule has 0 saturated heterocycles. The maximum absolute atomic E-state index is 10.7. The standard InChI is InChI=1S/C11H11N5O3/c1-7-2-3-8(16(17)18)4-9(7)19-11-5-10(15-12)13-6-14-11/h2-6H,12H2,1H3,(H,13,14,15). The topological polar surface area (TPSA) is 116 Å². The molecule has 8 nitrogen and oxygen atoms in total. The van der Waals surface area contributed by atoms with Crippen LogP contribution in [0.5, 0.6) is 11.6 Å². The number of nitro groups is 1. The second-order valence-corrected chi connectivity index (χ2v) is 3.69. The third-order valence-corrected chi connectivity index (χ3v) is 2.39. The van der Waals surface area contributed by atoms with E-state index in [1.807, 2.05) is 0 Å². The first kappa shape index (κ1) is 12.7. The van der Waals surface area contributed by atoms with Crippen LogP contribution in [-0.4, -0.2) is 14.9 Å². The monoisotopic (exact) mass is 261 g/mol. The molecule has 98 valence electrons. The van der Waals surface area contributed by atoms with Crippen molar-refractivity contribution < 1.29 is 9.66 Å². The number of anilines is 1. The molecule has 0 amide bonds. The molecule has 2 rings (SSSR count). The van der Waals surface area contributed by atoms with Crippen molar-refractivity contribution >= 4 is 11.5 Å². The van der Waals surface area contributed by atoms with Crippen LogP contribution in [0.4, 0.5) is 11.5 Å². The normalized spacial score (nSPS) is 10.0. The number of non-ortho nitro benzene ring substituents is 1. The van der Waals surface area contributed by atoms with E-state index in [9.17, 15) is 10.1 Å². The van der Waals surface area contributed by atoms with E-state index in [0.29, 0.717) is 11.6 Å². The summed E-state index contributed by atoms with van der Waals surface area (Å²) in [5, 5.41) is 10.7. The van der Waals surface area contributed by atoms with Crippen LogP contribution in [-0.2, 0) is 0 Å². The van der Waals surface area contributed by atoms with Crippen LogP contribution in [0.2, 0.25) is 0 Å². The highest BCUT2D eigenvalue weighted by atomic mass is 16.6. The SMILES string of the molecule is Cc1ccc([N+](=O)[O-])cc1Oc1cc(NN)ncn1. The molecule has 1 heterocycles. The molecular formula is C11H11N5O3. The summed E-state index contributed by atoms with van der Waals surface area (Å²) in [7, 11) is 0. The molecule has 0 aliphatic carbocycles. The Morgan fingerprint density at radius 2 is 2.16 bits per heavy atom. The number of hydrazine groups is 1. The molecule has 0 radical (unpaired) electrons. The Morgan fingerprint density at radius 1 is 1.37 bits per heavy atom. The summed E-state index contributed by atoms with van der Waals surface area (Å²) in [5.74, 6) is 6.20. The molecule has 1 aromatic heterocycles. The summed E-state index contributed by atoms with van der Waals surface area (Å²) in [4.78, 5) is 18.0. The van der Waals surface area contributed by atoms with E-state index in [1.54, 1.807) is 13.0 Å². The minimum Gasteiger partial charge on any atom is -0.438 e. The van der Waals surface area contributed by atoms with Gasteiger partial charge in [-0.05, 0) is 18.6 Å². The highest BCUT2D eigenvalue weighted by Crippen LogP contribution is 2.28. The van der Waals surface area contributed by atoms with Crippen LogP contribution >= 0.6 is 0 Å². The van der Waals surface area contributed by atoms with E-state index >= 15 is 0 Å². The molecule has 8 heteroatoms. The van der Waals surface area contributed by atoms with Crippen molar-refractivity contribution in [2.75, 3.05) is 5.43 Å². The average Bonchev–Trinajstić information content (AvgIpc) is 2.41. The number of nitrogens with zero attached hydrogens (tertiary/aromatic N) is 3. The predicted octanol–water partition coefficient (Wildman–Crippen LogP) is 1.77. The Morgan fingerprint density at radius 3 is 2.84 bits per heavy atom. The van der Waals surface area contributed by atoms with Crippen LogP contribution < -0.4 is 16.0 Å². The molecule has 19 heavy (non-hydrogen) atoms. The number of hydrogen-bond acceptors (Lipinski definition) is 7. The number of aryl methyl sites for hydroxylation is 1. The first-order valence-corrected chi connectivity index (χ1v) is 5.31. The fourth-order valence-electron chi connectivity index (χ4n) is 1.40. The summed E-state index contributed by atoms with van der Waals surface area (Å²) in [6, 6.07) is 5.84. The number of benzene rings is 1. The molecule has 3 N–H and O–H groups in total. The van der Waals surface area contributed by atoms with Gasteiger partial charge in [0.25, 0.3) is 5.69 Å². The van der Waals surface area contributed by atoms with Gasteiger partial charge in [-0.2, -0.15) is 0 Å². The average molecular weight is 261 g/mol. The summed E-state index contributed by atoms with van der Waals surface area (Å²) in [5.41, 5.74) is 3.06. The Bertz CT molecular complexity index is 617. The summed E-state index contributed by atoms with van der Waals surface area (Å²) < 4.78 is 5.49. The zero-order chi connectivity index (χ0) is 13.8. The fourth-order valence-corrected chi connectivity index (χ4v) is 1.40. The lowest BCUT2D eigenvalue weighted by Gasteiger charge is -2.08. The Labute approximate surface area is 108 Å². The summed E-state index contributed by atoms with van der Waals surface area (Å²) >= 11 is 0. The maximum atomic E-state index is 10.7. The lowest BCUT2D eigenvalue weighted by atomic mass is 10.2. The van der Waals surface area contributed by atoms with Gasteiger partial charge in [0.1, 0.15) is 17.9 Å². The van der Waals surface area contributed by atoms with Gasteiger partial charge in [0.05, 0.1) is 11.0 Å². The molecule has 0 saturated carbocycles. The van der Waals surface area contributed by atoms with Crippen LogP contribution in [0.15, 0.2) is 30.6 Å². The zero-order valence-corrected chi connectivity index (χ0v) is 10.0. The van der Waals surface area contributed by atoms with Crippen molar-refractivity contribution in [1.82, 2.24) is 9.97 Å². The quantitative estimate of drug-likeness (QED) is 0.489. The van der Waals surface area contributed by atoms with Gasteiger partial charge in [-0.15, -0.1) is 0 Å². The van der Waals surface area contributed by atoms with Crippen molar-refractivity contribution in [2.24, 2.45) is 5.84 Å². The minimum atomic E-state index is -0.487. The highest BCUT2D eigenvalue weighted by Gasteiger charge is 2.11. The largest absolute Gasteiger partial charge is 0.438 e. The van der Waals surface area contributed by atoms with Gasteiger partial charge < -0.3 is 10.2 Å². The third-order valence-electron chi connectivity index (χ3n) is 2.39. The Kier molecular flexibility index (Phi) is 3.53. The molecule has 0 unspecified atom stereocenters. The van der Waals surface area contributed by atoms with Gasteiger partial charge >= 0.3 is 0 Å². The van der Waals surface area contributed by atoms with Crippen LogP contribution in [0.1, 0.15) is 5.56 Å². The molecule has 0 spiro atoms. The summed E-state index contributed by atoms with van der Waals surface area (Å²) in [6.45, 7) is 1.78. The van der Waals surface area contributed by atoms with Gasteiger partial charge in [0.2, 0.25) is 5.88 Å².